The molecule has 0 spiro atoms. The van der Waals surface area contributed by atoms with Crippen molar-refractivity contribution in [1.82, 2.24) is 0 Å². The monoisotopic (exact) mass is 180 g/mol. The molecule has 0 radical (unpaired) electrons. The van der Waals surface area contributed by atoms with E-state index in [2.05, 4.69) is 24.3 Å². The zero-order valence-corrected chi connectivity index (χ0v) is 8.16. The van der Waals surface area contributed by atoms with E-state index in [0.717, 1.165) is 0 Å². The Morgan fingerprint density at radius 3 is 1.77 bits per heavy atom. The number of aliphatic hydroxyl groups excluding tert-OH is 1. The van der Waals surface area contributed by atoms with E-state index in [1.54, 1.807) is 0 Å². The van der Waals surface area contributed by atoms with E-state index < -0.39 is 0 Å². The van der Waals surface area contributed by atoms with Gasteiger partial charge in [0.2, 0.25) is 0 Å². The van der Waals surface area contributed by atoms with Gasteiger partial charge in [-0.3, -0.25) is 4.79 Å². The first-order valence-electron chi connectivity index (χ1n) is 4.32. The normalized spacial score (nSPS) is 14.8. The second kappa shape index (κ2) is 7.35. The van der Waals surface area contributed by atoms with Crippen LogP contribution in [0.5, 0.6) is 0 Å². The molecule has 0 amide bonds. The Morgan fingerprint density at radius 2 is 1.69 bits per heavy atom. The van der Waals surface area contributed by atoms with Crippen LogP contribution in [0.3, 0.4) is 0 Å². The lowest BCUT2D eigenvalue weighted by Gasteiger charge is -1.88. The summed E-state index contributed by atoms with van der Waals surface area (Å²) in [7, 11) is 0. The van der Waals surface area contributed by atoms with Gasteiger partial charge >= 0.3 is 0 Å². The smallest absolute Gasteiger partial charge is 0.155 e. The standard InChI is InChI=1S/C6H8.C5H8O2/c1-2-4-6-5-3-1;1-4(6)3-5(2)7/h1-4H,5-6H2;3,6H,1-2H3/b;4-3-. The van der Waals surface area contributed by atoms with Crippen LogP contribution in [-0.2, 0) is 4.79 Å². The Morgan fingerprint density at radius 1 is 1.23 bits per heavy atom. The van der Waals surface area contributed by atoms with Gasteiger partial charge in [0, 0.05) is 6.08 Å². The lowest BCUT2D eigenvalue weighted by atomic mass is 10.2. The van der Waals surface area contributed by atoms with Crippen LogP contribution in [0.15, 0.2) is 36.1 Å². The average Bonchev–Trinajstić information content (AvgIpc) is 2.06. The van der Waals surface area contributed by atoms with E-state index in [1.807, 2.05) is 0 Å². The number of hydrogen-bond donors (Lipinski definition) is 1. The molecule has 0 heterocycles. The molecular weight excluding hydrogens is 164 g/mol. The van der Waals surface area contributed by atoms with E-state index in [1.165, 1.54) is 32.8 Å². The van der Waals surface area contributed by atoms with Gasteiger partial charge in [-0.1, -0.05) is 24.3 Å². The predicted molar refractivity (Wildman–Crippen MR) is 54.6 cm³/mol. The summed E-state index contributed by atoms with van der Waals surface area (Å²) in [6, 6.07) is 0. The minimum Gasteiger partial charge on any atom is -0.512 e. The number of allylic oxidation sites excluding steroid dienone is 6. The van der Waals surface area contributed by atoms with E-state index in [-0.39, 0.29) is 11.5 Å². The summed E-state index contributed by atoms with van der Waals surface area (Å²) in [4.78, 5) is 10.0. The van der Waals surface area contributed by atoms with Crippen molar-refractivity contribution in [2.75, 3.05) is 0 Å². The van der Waals surface area contributed by atoms with Crippen molar-refractivity contribution in [3.8, 4) is 0 Å². The maximum Gasteiger partial charge on any atom is 0.155 e. The van der Waals surface area contributed by atoms with E-state index in [9.17, 15) is 4.79 Å². The van der Waals surface area contributed by atoms with Crippen molar-refractivity contribution in [1.29, 1.82) is 0 Å². The summed E-state index contributed by atoms with van der Waals surface area (Å²) in [6.07, 6.45) is 12.2. The average molecular weight is 180 g/mol. The van der Waals surface area contributed by atoms with Gasteiger partial charge in [-0.25, -0.2) is 0 Å². The lowest BCUT2D eigenvalue weighted by molar-refractivity contribution is -0.112. The van der Waals surface area contributed by atoms with Gasteiger partial charge < -0.3 is 5.11 Å². The number of rotatable bonds is 1. The second-order valence-electron chi connectivity index (χ2n) is 2.83. The zero-order chi connectivity index (χ0) is 10.1. The van der Waals surface area contributed by atoms with Crippen LogP contribution in [0.1, 0.15) is 26.7 Å². The molecule has 2 heteroatoms. The number of ketones is 1. The van der Waals surface area contributed by atoms with Crippen LogP contribution in [0, 0.1) is 0 Å². The lowest BCUT2D eigenvalue weighted by Crippen LogP contribution is -1.82. The van der Waals surface area contributed by atoms with Gasteiger partial charge in [0.1, 0.15) is 0 Å². The summed E-state index contributed by atoms with van der Waals surface area (Å²) in [5, 5.41) is 8.36. The van der Waals surface area contributed by atoms with Crippen LogP contribution < -0.4 is 0 Å². The first-order chi connectivity index (χ1) is 6.13. The third-order valence-electron chi connectivity index (χ3n) is 1.30. The molecule has 0 aromatic carbocycles. The van der Waals surface area contributed by atoms with Gasteiger partial charge in [0.25, 0.3) is 0 Å². The van der Waals surface area contributed by atoms with E-state index in [4.69, 9.17) is 5.11 Å². The number of carbonyl (C=O) groups is 1. The summed E-state index contributed by atoms with van der Waals surface area (Å²) in [6.45, 7) is 2.85. The van der Waals surface area contributed by atoms with Crippen molar-refractivity contribution in [3.63, 3.8) is 0 Å². The highest BCUT2D eigenvalue weighted by molar-refractivity contribution is 5.87. The molecular formula is C11H16O2. The molecule has 0 fully saturated rings. The molecule has 0 aliphatic heterocycles. The van der Waals surface area contributed by atoms with Gasteiger partial charge in [0.15, 0.2) is 5.78 Å². The summed E-state index contributed by atoms with van der Waals surface area (Å²) in [5.74, 6) is -0.0625. The zero-order valence-electron chi connectivity index (χ0n) is 8.16. The fourth-order valence-electron chi connectivity index (χ4n) is 0.836. The first kappa shape index (κ1) is 11.7. The summed E-state index contributed by atoms with van der Waals surface area (Å²) < 4.78 is 0. The molecule has 1 aliphatic rings. The fourth-order valence-corrected chi connectivity index (χ4v) is 0.836. The van der Waals surface area contributed by atoms with Crippen molar-refractivity contribution >= 4 is 5.78 Å². The fraction of sp³-hybridized carbons (Fsp3) is 0.364. The van der Waals surface area contributed by atoms with Crippen LogP contribution in [0.2, 0.25) is 0 Å². The third kappa shape index (κ3) is 10.7. The van der Waals surface area contributed by atoms with Gasteiger partial charge in [-0.2, -0.15) is 0 Å². The number of aliphatic hydroxyl groups is 1. The maximum atomic E-state index is 10.0. The molecule has 0 saturated heterocycles. The van der Waals surface area contributed by atoms with Crippen molar-refractivity contribution in [2.45, 2.75) is 26.7 Å². The molecule has 0 aromatic heterocycles. The van der Waals surface area contributed by atoms with Crippen molar-refractivity contribution in [3.05, 3.63) is 36.1 Å². The molecule has 0 aromatic rings. The maximum absolute atomic E-state index is 10.0. The highest BCUT2D eigenvalue weighted by atomic mass is 16.3. The van der Waals surface area contributed by atoms with Gasteiger partial charge in [-0.05, 0) is 26.7 Å². The van der Waals surface area contributed by atoms with E-state index >= 15 is 0 Å². The van der Waals surface area contributed by atoms with Crippen LogP contribution in [-0.4, -0.2) is 10.9 Å². The van der Waals surface area contributed by atoms with Gasteiger partial charge in [-0.15, -0.1) is 0 Å². The highest BCUT2D eigenvalue weighted by Gasteiger charge is 1.82. The Balaban J connectivity index is 0.000000223. The molecule has 0 unspecified atom stereocenters. The highest BCUT2D eigenvalue weighted by Crippen LogP contribution is 1.98. The largest absolute Gasteiger partial charge is 0.512 e. The minimum absolute atomic E-state index is 0.0625. The van der Waals surface area contributed by atoms with E-state index in [0.29, 0.717) is 0 Å². The molecule has 0 atom stereocenters. The quantitative estimate of drug-likeness (QED) is 0.497. The molecule has 13 heavy (non-hydrogen) atoms. The molecule has 2 nitrogen and oxygen atoms in total. The minimum atomic E-state index is -0.125. The molecule has 0 saturated carbocycles. The van der Waals surface area contributed by atoms with Gasteiger partial charge in [0.05, 0.1) is 5.76 Å². The Labute approximate surface area is 79.3 Å². The van der Waals surface area contributed by atoms with Crippen molar-refractivity contribution < 1.29 is 9.90 Å². The predicted octanol–water partition coefficient (Wildman–Crippen LogP) is 2.93. The Kier molecular flexibility index (Phi) is 6.60. The van der Waals surface area contributed by atoms with Crippen LogP contribution in [0.25, 0.3) is 0 Å². The number of carbonyl (C=O) groups excluding carboxylic acids is 1. The molecule has 72 valence electrons. The molecule has 0 bridgehead atoms. The Bertz CT molecular complexity index is 218. The van der Waals surface area contributed by atoms with Crippen LogP contribution >= 0.6 is 0 Å². The molecule has 1 N–H and O–H groups in total. The second-order valence-corrected chi connectivity index (χ2v) is 2.83. The SMILES string of the molecule is C1=CCCC=C1.CC(=O)/C=C(/C)O. The Hall–Kier alpha value is -1.31. The molecule has 1 rings (SSSR count). The summed E-state index contributed by atoms with van der Waals surface area (Å²) >= 11 is 0. The van der Waals surface area contributed by atoms with Crippen molar-refractivity contribution in [2.24, 2.45) is 0 Å². The van der Waals surface area contributed by atoms with Crippen LogP contribution in [0.4, 0.5) is 0 Å². The topological polar surface area (TPSA) is 37.3 Å². The number of hydrogen-bond acceptors (Lipinski definition) is 2. The molecule has 1 aliphatic carbocycles. The first-order valence-corrected chi connectivity index (χ1v) is 4.32. The third-order valence-corrected chi connectivity index (χ3v) is 1.30. The summed E-state index contributed by atoms with van der Waals surface area (Å²) in [5.41, 5.74) is 0.